The summed E-state index contributed by atoms with van der Waals surface area (Å²) >= 11 is 0. The van der Waals surface area contributed by atoms with Gasteiger partial charge in [0.15, 0.2) is 6.10 Å². The average molecular weight is 299 g/mol. The fourth-order valence-corrected chi connectivity index (χ4v) is 3.56. The van der Waals surface area contributed by atoms with E-state index in [2.05, 4.69) is 37.4 Å². The molecule has 1 aromatic carbocycles. The Morgan fingerprint density at radius 1 is 1.18 bits per heavy atom. The molecule has 4 atom stereocenters. The summed E-state index contributed by atoms with van der Waals surface area (Å²) in [5.41, 5.74) is 1.14. The minimum absolute atomic E-state index is 0.00971. The van der Waals surface area contributed by atoms with Gasteiger partial charge in [0.1, 0.15) is 5.75 Å². The van der Waals surface area contributed by atoms with Crippen LogP contribution in [0.2, 0.25) is 0 Å². The largest absolute Gasteiger partial charge is 0.481 e. The number of ether oxygens (including phenoxy) is 1. The Bertz CT molecular complexity index is 579. The zero-order valence-electron chi connectivity index (χ0n) is 13.6. The first-order chi connectivity index (χ1) is 10.5. The van der Waals surface area contributed by atoms with Gasteiger partial charge in [0.2, 0.25) is 0 Å². The van der Waals surface area contributed by atoms with Gasteiger partial charge in [-0.2, -0.15) is 0 Å². The van der Waals surface area contributed by atoms with Crippen LogP contribution in [-0.4, -0.2) is 18.1 Å². The highest BCUT2D eigenvalue weighted by atomic mass is 16.5. The molecule has 1 amide bonds. The maximum atomic E-state index is 12.4. The summed E-state index contributed by atoms with van der Waals surface area (Å²) in [7, 11) is 0. The topological polar surface area (TPSA) is 38.3 Å². The Kier molecular flexibility index (Phi) is 4.23. The van der Waals surface area contributed by atoms with Crippen LogP contribution < -0.4 is 10.1 Å². The highest BCUT2D eigenvalue weighted by Crippen LogP contribution is 2.39. The minimum atomic E-state index is -0.469. The molecule has 0 spiro atoms. The normalized spacial score (nSPS) is 27.2. The number of carbonyl (C=O) groups excluding carboxylic acids is 1. The summed E-state index contributed by atoms with van der Waals surface area (Å²) in [6.07, 6.45) is 6.33. The van der Waals surface area contributed by atoms with E-state index in [1.807, 2.05) is 25.1 Å². The smallest absolute Gasteiger partial charge is 0.261 e. The quantitative estimate of drug-likeness (QED) is 0.843. The van der Waals surface area contributed by atoms with Crippen LogP contribution in [0.25, 0.3) is 0 Å². The lowest BCUT2D eigenvalue weighted by molar-refractivity contribution is -0.128. The van der Waals surface area contributed by atoms with E-state index < -0.39 is 6.10 Å². The van der Waals surface area contributed by atoms with Crippen molar-refractivity contribution in [3.05, 3.63) is 42.0 Å². The minimum Gasteiger partial charge on any atom is -0.481 e. The van der Waals surface area contributed by atoms with Crippen molar-refractivity contribution >= 4 is 5.91 Å². The zero-order valence-corrected chi connectivity index (χ0v) is 13.6. The van der Waals surface area contributed by atoms with Crippen molar-refractivity contribution in [1.82, 2.24) is 5.32 Å². The molecule has 2 aliphatic rings. The molecule has 0 aromatic heterocycles. The molecule has 3 rings (SSSR count). The van der Waals surface area contributed by atoms with E-state index in [4.69, 9.17) is 4.74 Å². The number of carbonyl (C=O) groups is 1. The van der Waals surface area contributed by atoms with E-state index >= 15 is 0 Å². The summed E-state index contributed by atoms with van der Waals surface area (Å²) in [6, 6.07) is 8.25. The van der Waals surface area contributed by atoms with Crippen molar-refractivity contribution in [3.8, 4) is 5.75 Å². The lowest BCUT2D eigenvalue weighted by Gasteiger charge is -2.23. The first kappa shape index (κ1) is 15.1. The first-order valence-electron chi connectivity index (χ1n) is 8.29. The average Bonchev–Trinajstić information content (AvgIpc) is 3.10. The molecule has 0 aliphatic heterocycles. The van der Waals surface area contributed by atoms with Crippen molar-refractivity contribution in [2.24, 2.45) is 11.8 Å². The summed E-state index contributed by atoms with van der Waals surface area (Å²) in [4.78, 5) is 12.4. The van der Waals surface area contributed by atoms with Crippen LogP contribution in [-0.2, 0) is 4.79 Å². The number of fused-ring (bicyclic) bond motifs is 2. The fourth-order valence-electron chi connectivity index (χ4n) is 3.56. The molecule has 118 valence electrons. The second-order valence-electron chi connectivity index (χ2n) is 6.85. The summed E-state index contributed by atoms with van der Waals surface area (Å²) in [5.74, 6) is 2.36. The lowest BCUT2D eigenvalue weighted by atomic mass is 10.0. The summed E-state index contributed by atoms with van der Waals surface area (Å²) < 4.78 is 5.93. The molecule has 22 heavy (non-hydrogen) atoms. The zero-order chi connectivity index (χ0) is 15.7. The van der Waals surface area contributed by atoms with Crippen molar-refractivity contribution < 1.29 is 9.53 Å². The van der Waals surface area contributed by atoms with E-state index in [-0.39, 0.29) is 11.9 Å². The molecule has 1 fully saturated rings. The lowest BCUT2D eigenvalue weighted by Crippen LogP contribution is -2.44. The third-order valence-electron chi connectivity index (χ3n) is 4.82. The number of para-hydroxylation sites is 1. The predicted molar refractivity (Wildman–Crippen MR) is 87.9 cm³/mol. The van der Waals surface area contributed by atoms with Gasteiger partial charge in [-0.25, -0.2) is 0 Å². The molecule has 3 heteroatoms. The Hall–Kier alpha value is -1.77. The third-order valence-corrected chi connectivity index (χ3v) is 4.82. The molecule has 4 unspecified atom stereocenters. The molecule has 3 nitrogen and oxygen atoms in total. The molecular formula is C19H25NO2. The van der Waals surface area contributed by atoms with Gasteiger partial charge in [-0.15, -0.1) is 0 Å². The maximum absolute atomic E-state index is 12.4. The van der Waals surface area contributed by atoms with Gasteiger partial charge in [-0.3, -0.25) is 4.79 Å². The van der Waals surface area contributed by atoms with E-state index in [9.17, 15) is 4.79 Å². The number of rotatable bonds is 5. The second-order valence-corrected chi connectivity index (χ2v) is 6.85. The van der Waals surface area contributed by atoms with E-state index in [1.165, 1.54) is 6.42 Å². The fraction of sp³-hybridized carbons (Fsp3) is 0.526. The molecule has 0 saturated heterocycles. The monoisotopic (exact) mass is 299 g/mol. The Balaban J connectivity index is 1.61. The molecule has 1 aromatic rings. The summed E-state index contributed by atoms with van der Waals surface area (Å²) in [6.45, 7) is 6.10. The number of nitrogens with one attached hydrogen (secondary N) is 1. The second kappa shape index (κ2) is 6.15. The van der Waals surface area contributed by atoms with Gasteiger partial charge < -0.3 is 10.1 Å². The van der Waals surface area contributed by atoms with E-state index in [1.54, 1.807) is 0 Å². The third kappa shape index (κ3) is 3.03. The number of amides is 1. The molecular weight excluding hydrogens is 274 g/mol. The van der Waals surface area contributed by atoms with Crippen LogP contribution in [0.4, 0.5) is 0 Å². The van der Waals surface area contributed by atoms with Crippen LogP contribution in [0.3, 0.4) is 0 Å². The molecule has 0 radical (unpaired) electrons. The maximum Gasteiger partial charge on any atom is 0.261 e. The SMILES string of the molecule is CC(Oc1ccccc1C(C)C)C(=O)NC1CC2C=CC1C2. The Labute approximate surface area is 132 Å². The standard InChI is InChI=1S/C19H25NO2/c1-12(2)16-6-4-5-7-18(16)22-13(3)19(21)20-17-11-14-8-9-15(17)10-14/h4-9,12-15,17H,10-11H2,1-3H3,(H,20,21). The summed E-state index contributed by atoms with van der Waals surface area (Å²) in [5, 5.41) is 3.16. The predicted octanol–water partition coefficient (Wildman–Crippen LogP) is 3.66. The van der Waals surface area contributed by atoms with Gasteiger partial charge in [0, 0.05) is 6.04 Å². The molecule has 0 heterocycles. The first-order valence-corrected chi connectivity index (χ1v) is 8.29. The molecule has 1 N–H and O–H groups in total. The van der Waals surface area contributed by atoms with Crippen LogP contribution >= 0.6 is 0 Å². The molecule has 2 aliphatic carbocycles. The molecule has 1 saturated carbocycles. The van der Waals surface area contributed by atoms with Crippen LogP contribution in [0.5, 0.6) is 5.75 Å². The van der Waals surface area contributed by atoms with Crippen LogP contribution in [0.15, 0.2) is 36.4 Å². The number of hydrogen-bond acceptors (Lipinski definition) is 2. The van der Waals surface area contributed by atoms with Gasteiger partial charge >= 0.3 is 0 Å². The number of benzene rings is 1. The van der Waals surface area contributed by atoms with E-state index in [0.29, 0.717) is 17.8 Å². The Morgan fingerprint density at radius 3 is 2.59 bits per heavy atom. The number of allylic oxidation sites excluding steroid dienone is 1. The molecule has 2 bridgehead atoms. The van der Waals surface area contributed by atoms with Gasteiger partial charge in [-0.05, 0) is 49.1 Å². The Morgan fingerprint density at radius 2 is 1.95 bits per heavy atom. The van der Waals surface area contributed by atoms with Crippen LogP contribution in [0, 0.1) is 11.8 Å². The van der Waals surface area contributed by atoms with Gasteiger partial charge in [0.25, 0.3) is 5.91 Å². The van der Waals surface area contributed by atoms with Crippen LogP contribution in [0.1, 0.15) is 45.1 Å². The number of hydrogen-bond donors (Lipinski definition) is 1. The highest BCUT2D eigenvalue weighted by molar-refractivity contribution is 5.81. The van der Waals surface area contributed by atoms with Crippen molar-refractivity contribution in [3.63, 3.8) is 0 Å². The van der Waals surface area contributed by atoms with E-state index in [0.717, 1.165) is 17.7 Å². The highest BCUT2D eigenvalue weighted by Gasteiger charge is 2.37. The van der Waals surface area contributed by atoms with Crippen molar-refractivity contribution in [2.75, 3.05) is 0 Å². The van der Waals surface area contributed by atoms with Gasteiger partial charge in [-0.1, -0.05) is 44.2 Å². The van der Waals surface area contributed by atoms with Gasteiger partial charge in [0.05, 0.1) is 0 Å². The van der Waals surface area contributed by atoms with Crippen molar-refractivity contribution in [2.45, 2.75) is 51.7 Å². The van der Waals surface area contributed by atoms with Crippen molar-refractivity contribution in [1.29, 1.82) is 0 Å².